The Bertz CT molecular complexity index is 800. The molecule has 0 unspecified atom stereocenters. The molecule has 110 valence electrons. The van der Waals surface area contributed by atoms with Crippen LogP contribution in [-0.4, -0.2) is 13.3 Å². The fraction of sp³-hybridized carbons (Fsp3) is 0.143. The summed E-state index contributed by atoms with van der Waals surface area (Å²) < 4.78 is 27.2. The Balaban J connectivity index is 2.44. The van der Waals surface area contributed by atoms with Crippen LogP contribution in [0.4, 0.5) is 11.4 Å². The van der Waals surface area contributed by atoms with Gasteiger partial charge in [0.15, 0.2) is 0 Å². The van der Waals surface area contributed by atoms with Crippen molar-refractivity contribution in [3.05, 3.63) is 63.7 Å². The topological polar surface area (TPSA) is 89.3 Å². The molecule has 0 saturated heterocycles. The van der Waals surface area contributed by atoms with Gasteiger partial charge < -0.3 is 0 Å². The lowest BCUT2D eigenvalue weighted by Crippen LogP contribution is -2.15. The van der Waals surface area contributed by atoms with Gasteiger partial charge in [-0.2, -0.15) is 0 Å². The lowest BCUT2D eigenvalue weighted by Gasteiger charge is -2.12. The quantitative estimate of drug-likeness (QED) is 0.694. The van der Waals surface area contributed by atoms with Gasteiger partial charge in [0.05, 0.1) is 15.5 Å². The van der Waals surface area contributed by atoms with Gasteiger partial charge >= 0.3 is 0 Å². The Kier molecular flexibility index (Phi) is 3.95. The highest BCUT2D eigenvalue weighted by Gasteiger charge is 2.18. The molecule has 0 aromatic heterocycles. The second kappa shape index (κ2) is 5.53. The third-order valence-corrected chi connectivity index (χ3v) is 4.59. The van der Waals surface area contributed by atoms with Crippen LogP contribution < -0.4 is 4.72 Å². The van der Waals surface area contributed by atoms with E-state index in [1.165, 1.54) is 24.3 Å². The Morgan fingerprint density at radius 2 is 1.71 bits per heavy atom. The van der Waals surface area contributed by atoms with Crippen molar-refractivity contribution in [3.8, 4) is 0 Å². The number of nitrogens with zero attached hydrogens (tertiary/aromatic N) is 1. The Labute approximate surface area is 122 Å². The highest BCUT2D eigenvalue weighted by molar-refractivity contribution is 7.92. The van der Waals surface area contributed by atoms with Crippen LogP contribution in [0, 0.1) is 24.0 Å². The average molecular weight is 306 g/mol. The summed E-state index contributed by atoms with van der Waals surface area (Å²) in [5.74, 6) is 0. The number of rotatable bonds is 4. The number of sulfonamides is 1. The summed E-state index contributed by atoms with van der Waals surface area (Å²) >= 11 is 0. The van der Waals surface area contributed by atoms with Gasteiger partial charge in [-0.05, 0) is 31.0 Å². The highest BCUT2D eigenvalue weighted by Crippen LogP contribution is 2.25. The molecule has 6 nitrogen and oxygen atoms in total. The number of aryl methyl sites for hydroxylation is 2. The van der Waals surface area contributed by atoms with Gasteiger partial charge in [-0.15, -0.1) is 0 Å². The van der Waals surface area contributed by atoms with Crippen molar-refractivity contribution in [2.24, 2.45) is 0 Å². The Morgan fingerprint density at radius 1 is 1.05 bits per heavy atom. The molecule has 7 heteroatoms. The minimum atomic E-state index is -3.78. The Hall–Kier alpha value is -2.41. The number of nitro groups is 1. The fourth-order valence-corrected chi connectivity index (χ4v) is 3.26. The van der Waals surface area contributed by atoms with E-state index in [2.05, 4.69) is 4.72 Å². The average Bonchev–Trinajstić information content (AvgIpc) is 2.41. The minimum Gasteiger partial charge on any atom is -0.279 e. The third-order valence-electron chi connectivity index (χ3n) is 3.06. The maximum Gasteiger partial charge on any atom is 0.271 e. The van der Waals surface area contributed by atoms with Crippen molar-refractivity contribution in [1.82, 2.24) is 0 Å². The number of non-ortho nitro benzene ring substituents is 1. The van der Waals surface area contributed by atoms with E-state index in [1.54, 1.807) is 32.0 Å². The maximum absolute atomic E-state index is 12.4. The molecule has 0 bridgehead atoms. The number of hydrogen-bond donors (Lipinski definition) is 1. The summed E-state index contributed by atoms with van der Waals surface area (Å²) in [4.78, 5) is 10.4. The molecule has 0 atom stereocenters. The largest absolute Gasteiger partial charge is 0.279 e. The van der Waals surface area contributed by atoms with Gasteiger partial charge in [0.1, 0.15) is 0 Å². The van der Waals surface area contributed by atoms with Gasteiger partial charge in [-0.25, -0.2) is 8.42 Å². The first kappa shape index (κ1) is 15.0. The number of hydrogen-bond acceptors (Lipinski definition) is 4. The van der Waals surface area contributed by atoms with Crippen molar-refractivity contribution in [2.75, 3.05) is 4.72 Å². The second-order valence-corrected chi connectivity index (χ2v) is 6.28. The van der Waals surface area contributed by atoms with E-state index >= 15 is 0 Å². The van der Waals surface area contributed by atoms with Crippen LogP contribution in [0.15, 0.2) is 47.4 Å². The van der Waals surface area contributed by atoms with Crippen LogP contribution >= 0.6 is 0 Å². The molecule has 0 amide bonds. The summed E-state index contributed by atoms with van der Waals surface area (Å²) in [6, 6.07) is 10.6. The van der Waals surface area contributed by atoms with E-state index < -0.39 is 14.9 Å². The van der Waals surface area contributed by atoms with E-state index in [1.807, 2.05) is 0 Å². The molecule has 2 aromatic rings. The van der Waals surface area contributed by atoms with Gasteiger partial charge in [0, 0.05) is 12.1 Å². The lowest BCUT2D eigenvalue weighted by atomic mass is 10.2. The second-order valence-electron chi connectivity index (χ2n) is 4.63. The number of nitro benzene ring substituents is 1. The van der Waals surface area contributed by atoms with Gasteiger partial charge in [-0.1, -0.05) is 24.3 Å². The highest BCUT2D eigenvalue weighted by atomic mass is 32.2. The molecule has 0 radical (unpaired) electrons. The van der Waals surface area contributed by atoms with E-state index in [-0.39, 0.29) is 16.3 Å². The zero-order valence-corrected chi connectivity index (χ0v) is 12.3. The molecule has 2 rings (SSSR count). The molecule has 1 N–H and O–H groups in total. The molecule has 2 aromatic carbocycles. The summed E-state index contributed by atoms with van der Waals surface area (Å²) in [7, 11) is -3.78. The summed E-state index contributed by atoms with van der Waals surface area (Å²) in [6.07, 6.45) is 0. The van der Waals surface area contributed by atoms with E-state index in [9.17, 15) is 18.5 Å². The molecule has 0 fully saturated rings. The predicted molar refractivity (Wildman–Crippen MR) is 79.8 cm³/mol. The number of nitrogens with one attached hydrogen (secondary N) is 1. The van der Waals surface area contributed by atoms with Crippen LogP contribution in [0.3, 0.4) is 0 Å². The SMILES string of the molecule is Cc1ccc([N+](=O)[O-])cc1NS(=O)(=O)c1ccccc1C. The summed E-state index contributed by atoms with van der Waals surface area (Å²) in [6.45, 7) is 3.37. The standard InChI is InChI=1S/C14H14N2O4S/c1-10-7-8-12(16(17)18)9-13(10)15-21(19,20)14-6-4-3-5-11(14)2/h3-9,15H,1-2H3. The first-order chi connectivity index (χ1) is 9.81. The zero-order chi connectivity index (χ0) is 15.6. The van der Waals surface area contributed by atoms with Crippen molar-refractivity contribution in [1.29, 1.82) is 0 Å². The zero-order valence-electron chi connectivity index (χ0n) is 11.5. The molecule has 21 heavy (non-hydrogen) atoms. The van der Waals surface area contributed by atoms with Crippen molar-refractivity contribution in [2.45, 2.75) is 18.7 Å². The van der Waals surface area contributed by atoms with E-state index in [0.717, 1.165) is 0 Å². The van der Waals surface area contributed by atoms with Crippen molar-refractivity contribution < 1.29 is 13.3 Å². The first-order valence-electron chi connectivity index (χ1n) is 6.15. The van der Waals surface area contributed by atoms with Crippen molar-refractivity contribution >= 4 is 21.4 Å². The monoisotopic (exact) mass is 306 g/mol. The molecule has 0 spiro atoms. The van der Waals surface area contributed by atoms with Gasteiger partial charge in [-0.3, -0.25) is 14.8 Å². The number of benzene rings is 2. The van der Waals surface area contributed by atoms with E-state index in [4.69, 9.17) is 0 Å². The lowest BCUT2D eigenvalue weighted by molar-refractivity contribution is -0.384. The summed E-state index contributed by atoms with van der Waals surface area (Å²) in [5, 5.41) is 10.8. The first-order valence-corrected chi connectivity index (χ1v) is 7.63. The van der Waals surface area contributed by atoms with Crippen LogP contribution in [0.2, 0.25) is 0 Å². The molecule has 0 heterocycles. The minimum absolute atomic E-state index is 0.149. The third kappa shape index (κ3) is 3.19. The normalized spacial score (nSPS) is 11.1. The van der Waals surface area contributed by atoms with Crippen molar-refractivity contribution in [3.63, 3.8) is 0 Å². The van der Waals surface area contributed by atoms with Gasteiger partial charge in [0.2, 0.25) is 0 Å². The Morgan fingerprint density at radius 3 is 2.33 bits per heavy atom. The van der Waals surface area contributed by atoms with Crippen LogP contribution in [0.5, 0.6) is 0 Å². The van der Waals surface area contributed by atoms with Crippen LogP contribution in [0.25, 0.3) is 0 Å². The maximum atomic E-state index is 12.4. The molecular formula is C14H14N2O4S. The molecule has 0 aliphatic carbocycles. The fourth-order valence-electron chi connectivity index (χ4n) is 1.89. The van der Waals surface area contributed by atoms with Crippen LogP contribution in [-0.2, 0) is 10.0 Å². The molecule has 0 aliphatic heterocycles. The smallest absolute Gasteiger partial charge is 0.271 e. The summed E-state index contributed by atoms with van der Waals surface area (Å²) in [5.41, 5.74) is 1.25. The molecular weight excluding hydrogens is 292 g/mol. The number of anilines is 1. The molecule has 0 aliphatic rings. The van der Waals surface area contributed by atoms with E-state index in [0.29, 0.717) is 11.1 Å². The van der Waals surface area contributed by atoms with Crippen LogP contribution in [0.1, 0.15) is 11.1 Å². The van der Waals surface area contributed by atoms with Gasteiger partial charge in [0.25, 0.3) is 15.7 Å². The molecule has 0 saturated carbocycles. The predicted octanol–water partition coefficient (Wildman–Crippen LogP) is 3.01.